The number of hydrogen-bond acceptors (Lipinski definition) is 1. The van der Waals surface area contributed by atoms with E-state index >= 15 is 0 Å². The molecule has 3 heteroatoms. The summed E-state index contributed by atoms with van der Waals surface area (Å²) in [7, 11) is 0. The molecule has 0 aliphatic rings. The second kappa shape index (κ2) is 4.13. The first-order valence-electron chi connectivity index (χ1n) is 3.85. The van der Waals surface area contributed by atoms with Gasteiger partial charge < -0.3 is 5.73 Å². The van der Waals surface area contributed by atoms with Crippen molar-refractivity contribution in [2.75, 3.05) is 0 Å². The fourth-order valence-corrected chi connectivity index (χ4v) is 1.46. The van der Waals surface area contributed by atoms with Crippen LogP contribution in [0.4, 0.5) is 0 Å². The SMILES string of the molecule is CC[C@@H](N)c1cc(Cl)ccc1Cl. The Morgan fingerprint density at radius 1 is 1.42 bits per heavy atom. The molecule has 0 fully saturated rings. The van der Waals surface area contributed by atoms with Gasteiger partial charge in [0.25, 0.3) is 0 Å². The molecule has 66 valence electrons. The number of halogens is 2. The van der Waals surface area contributed by atoms with Gasteiger partial charge in [-0.15, -0.1) is 0 Å². The topological polar surface area (TPSA) is 26.0 Å². The van der Waals surface area contributed by atoms with E-state index < -0.39 is 0 Å². The van der Waals surface area contributed by atoms with Crippen LogP contribution in [0.5, 0.6) is 0 Å². The van der Waals surface area contributed by atoms with Gasteiger partial charge in [-0.1, -0.05) is 30.1 Å². The minimum Gasteiger partial charge on any atom is -0.324 e. The van der Waals surface area contributed by atoms with Gasteiger partial charge in [-0.25, -0.2) is 0 Å². The third-order valence-corrected chi connectivity index (χ3v) is 2.38. The van der Waals surface area contributed by atoms with Gasteiger partial charge in [0.05, 0.1) is 0 Å². The summed E-state index contributed by atoms with van der Waals surface area (Å²) >= 11 is 11.7. The lowest BCUT2D eigenvalue weighted by atomic mass is 10.1. The Labute approximate surface area is 82.5 Å². The van der Waals surface area contributed by atoms with Crippen LogP contribution in [-0.4, -0.2) is 0 Å². The summed E-state index contributed by atoms with van der Waals surface area (Å²) in [5, 5.41) is 1.37. The van der Waals surface area contributed by atoms with Gasteiger partial charge in [-0.3, -0.25) is 0 Å². The average molecular weight is 204 g/mol. The predicted molar refractivity (Wildman–Crippen MR) is 53.7 cm³/mol. The molecule has 0 aromatic heterocycles. The molecule has 0 spiro atoms. The monoisotopic (exact) mass is 203 g/mol. The van der Waals surface area contributed by atoms with E-state index in [0.717, 1.165) is 12.0 Å². The van der Waals surface area contributed by atoms with Crippen molar-refractivity contribution >= 4 is 23.2 Å². The zero-order valence-corrected chi connectivity index (χ0v) is 8.36. The van der Waals surface area contributed by atoms with E-state index in [1.807, 2.05) is 13.0 Å². The van der Waals surface area contributed by atoms with E-state index in [1.165, 1.54) is 0 Å². The van der Waals surface area contributed by atoms with E-state index in [1.54, 1.807) is 12.1 Å². The van der Waals surface area contributed by atoms with Crippen LogP contribution in [0.15, 0.2) is 18.2 Å². The third kappa shape index (κ3) is 2.13. The van der Waals surface area contributed by atoms with Crippen molar-refractivity contribution in [2.45, 2.75) is 19.4 Å². The molecule has 1 aromatic rings. The largest absolute Gasteiger partial charge is 0.324 e. The van der Waals surface area contributed by atoms with Crippen LogP contribution in [0.25, 0.3) is 0 Å². The Morgan fingerprint density at radius 3 is 2.67 bits per heavy atom. The number of benzene rings is 1. The summed E-state index contributed by atoms with van der Waals surface area (Å²) in [6.07, 6.45) is 0.861. The smallest absolute Gasteiger partial charge is 0.0454 e. The quantitative estimate of drug-likeness (QED) is 0.784. The maximum atomic E-state index is 5.93. The Morgan fingerprint density at radius 2 is 2.08 bits per heavy atom. The number of hydrogen-bond donors (Lipinski definition) is 1. The summed E-state index contributed by atoms with van der Waals surface area (Å²) in [5.74, 6) is 0. The van der Waals surface area contributed by atoms with E-state index in [9.17, 15) is 0 Å². The molecule has 1 aromatic carbocycles. The van der Waals surface area contributed by atoms with Crippen LogP contribution in [0.1, 0.15) is 24.9 Å². The zero-order chi connectivity index (χ0) is 9.14. The minimum atomic E-state index is -0.0174. The van der Waals surface area contributed by atoms with Gasteiger partial charge in [0.1, 0.15) is 0 Å². The van der Waals surface area contributed by atoms with Crippen LogP contribution in [-0.2, 0) is 0 Å². The maximum Gasteiger partial charge on any atom is 0.0454 e. The molecule has 1 atom stereocenters. The molecule has 2 N–H and O–H groups in total. The highest BCUT2D eigenvalue weighted by molar-refractivity contribution is 6.33. The molecule has 0 bridgehead atoms. The fourth-order valence-electron chi connectivity index (χ4n) is 1.02. The molecule has 12 heavy (non-hydrogen) atoms. The molecule has 0 aliphatic heterocycles. The van der Waals surface area contributed by atoms with Gasteiger partial charge in [0.15, 0.2) is 0 Å². The summed E-state index contributed by atoms with van der Waals surface area (Å²) in [4.78, 5) is 0. The summed E-state index contributed by atoms with van der Waals surface area (Å²) in [6.45, 7) is 2.02. The van der Waals surface area contributed by atoms with Crippen LogP contribution in [0, 0.1) is 0 Å². The van der Waals surface area contributed by atoms with Crippen molar-refractivity contribution in [1.82, 2.24) is 0 Å². The molecular formula is C9H11Cl2N. The van der Waals surface area contributed by atoms with E-state index in [0.29, 0.717) is 10.0 Å². The van der Waals surface area contributed by atoms with Gasteiger partial charge in [0.2, 0.25) is 0 Å². The average Bonchev–Trinajstić information content (AvgIpc) is 2.08. The number of nitrogens with two attached hydrogens (primary N) is 1. The lowest BCUT2D eigenvalue weighted by Gasteiger charge is -2.10. The van der Waals surface area contributed by atoms with Crippen molar-refractivity contribution in [3.63, 3.8) is 0 Å². The highest BCUT2D eigenvalue weighted by Crippen LogP contribution is 2.26. The summed E-state index contributed by atoms with van der Waals surface area (Å²) in [5.41, 5.74) is 6.74. The Bertz CT molecular complexity index is 273. The van der Waals surface area contributed by atoms with Crippen molar-refractivity contribution in [2.24, 2.45) is 5.73 Å². The van der Waals surface area contributed by atoms with Gasteiger partial charge in [-0.05, 0) is 30.2 Å². The van der Waals surface area contributed by atoms with Gasteiger partial charge >= 0.3 is 0 Å². The lowest BCUT2D eigenvalue weighted by molar-refractivity contribution is 0.699. The highest BCUT2D eigenvalue weighted by atomic mass is 35.5. The molecule has 1 rings (SSSR count). The molecule has 1 nitrogen and oxygen atoms in total. The van der Waals surface area contributed by atoms with Crippen LogP contribution in [0.2, 0.25) is 10.0 Å². The summed E-state index contributed by atoms with van der Waals surface area (Å²) in [6, 6.07) is 5.33. The lowest BCUT2D eigenvalue weighted by Crippen LogP contribution is -2.08. The molecule has 0 heterocycles. The Kier molecular flexibility index (Phi) is 3.39. The predicted octanol–water partition coefficient (Wildman–Crippen LogP) is 3.40. The fraction of sp³-hybridized carbons (Fsp3) is 0.333. The molecule has 0 saturated carbocycles. The first-order chi connectivity index (χ1) is 5.65. The Balaban J connectivity index is 3.04. The second-order valence-corrected chi connectivity index (χ2v) is 3.52. The second-order valence-electron chi connectivity index (χ2n) is 2.68. The van der Waals surface area contributed by atoms with Crippen molar-refractivity contribution < 1.29 is 0 Å². The van der Waals surface area contributed by atoms with Crippen LogP contribution < -0.4 is 5.73 Å². The van der Waals surface area contributed by atoms with Crippen molar-refractivity contribution in [3.05, 3.63) is 33.8 Å². The van der Waals surface area contributed by atoms with Crippen molar-refractivity contribution in [3.8, 4) is 0 Å². The standard InChI is InChI=1S/C9H11Cl2N/c1-2-9(12)7-5-6(10)3-4-8(7)11/h3-5,9H,2,12H2,1H3/t9-/m1/s1. The molecule has 0 saturated heterocycles. The first-order valence-corrected chi connectivity index (χ1v) is 4.61. The van der Waals surface area contributed by atoms with Crippen LogP contribution >= 0.6 is 23.2 Å². The van der Waals surface area contributed by atoms with E-state index in [4.69, 9.17) is 28.9 Å². The molecule has 0 unspecified atom stereocenters. The third-order valence-electron chi connectivity index (χ3n) is 1.80. The van der Waals surface area contributed by atoms with Crippen LogP contribution in [0.3, 0.4) is 0 Å². The molecule has 0 radical (unpaired) electrons. The normalized spacial score (nSPS) is 13.0. The number of rotatable bonds is 2. The van der Waals surface area contributed by atoms with Gasteiger partial charge in [0, 0.05) is 16.1 Å². The van der Waals surface area contributed by atoms with E-state index in [2.05, 4.69) is 0 Å². The molecule has 0 aliphatic carbocycles. The Hall–Kier alpha value is -0.240. The first kappa shape index (κ1) is 9.85. The molecular weight excluding hydrogens is 193 g/mol. The maximum absolute atomic E-state index is 5.93. The van der Waals surface area contributed by atoms with E-state index in [-0.39, 0.29) is 6.04 Å². The van der Waals surface area contributed by atoms with Gasteiger partial charge in [-0.2, -0.15) is 0 Å². The minimum absolute atomic E-state index is 0.0174. The highest BCUT2D eigenvalue weighted by Gasteiger charge is 2.07. The summed E-state index contributed by atoms with van der Waals surface area (Å²) < 4.78 is 0. The van der Waals surface area contributed by atoms with Crippen molar-refractivity contribution in [1.29, 1.82) is 0 Å². The molecule has 0 amide bonds. The zero-order valence-electron chi connectivity index (χ0n) is 6.85.